The second-order valence-corrected chi connectivity index (χ2v) is 17.5. The highest BCUT2D eigenvalue weighted by molar-refractivity contribution is 7.86. The Morgan fingerprint density at radius 1 is 0.912 bits per heavy atom. The molecule has 1 fully saturated rings. The fraction of sp³-hybridized carbons (Fsp3) is 0.432. The number of amides is 1. The van der Waals surface area contributed by atoms with Gasteiger partial charge in [0.25, 0.3) is 16.0 Å². The quantitative estimate of drug-likeness (QED) is 0.0179. The van der Waals surface area contributed by atoms with Gasteiger partial charge in [0.05, 0.1) is 57.1 Å². The molecular formula is C44H57N9O14S. The number of hydrogen-bond donors (Lipinski definition) is 10. The third-order valence-electron chi connectivity index (χ3n) is 10.8. The van der Waals surface area contributed by atoms with Gasteiger partial charge in [0.15, 0.2) is 18.2 Å². The van der Waals surface area contributed by atoms with E-state index in [0.717, 1.165) is 5.69 Å². The highest BCUT2D eigenvalue weighted by atomic mass is 32.2. The number of ether oxygens (including phenoxy) is 4. The maximum atomic E-state index is 12.8. The highest BCUT2D eigenvalue weighted by Gasteiger charge is 2.49. The summed E-state index contributed by atoms with van der Waals surface area (Å²) in [7, 11) is -0.583. The van der Waals surface area contributed by atoms with Crippen molar-refractivity contribution in [1.82, 2.24) is 25.6 Å². The van der Waals surface area contributed by atoms with Gasteiger partial charge in [-0.2, -0.15) is 18.6 Å². The Labute approximate surface area is 391 Å². The van der Waals surface area contributed by atoms with Crippen LogP contribution in [0.25, 0.3) is 10.8 Å². The maximum absolute atomic E-state index is 12.8. The van der Waals surface area contributed by atoms with E-state index in [9.17, 15) is 48.4 Å². The van der Waals surface area contributed by atoms with Crippen molar-refractivity contribution in [1.29, 1.82) is 0 Å². The lowest BCUT2D eigenvalue weighted by atomic mass is 9.99. The molecule has 6 rings (SSSR count). The molecule has 2 heterocycles. The Hall–Kier alpha value is -5.58. The summed E-state index contributed by atoms with van der Waals surface area (Å²) in [6.45, 7) is 0.799. The molecule has 0 aliphatic carbocycles. The third kappa shape index (κ3) is 13.6. The molecule has 24 heteroatoms. The van der Waals surface area contributed by atoms with Gasteiger partial charge in [0.2, 0.25) is 0 Å². The normalized spacial score (nSPS) is 20.5. The minimum absolute atomic E-state index is 0.0221. The predicted molar refractivity (Wildman–Crippen MR) is 245 cm³/mol. The molecule has 1 amide bonds. The van der Waals surface area contributed by atoms with E-state index in [0.29, 0.717) is 39.1 Å². The monoisotopic (exact) mass is 967 g/mol. The number of rotatable bonds is 24. The molecule has 0 bridgehead atoms. The molecule has 0 saturated carbocycles. The predicted octanol–water partition coefficient (Wildman–Crippen LogP) is 1.04. The zero-order chi connectivity index (χ0) is 49.0. The molecule has 1 unspecified atom stereocenters. The number of benzene rings is 4. The number of anilines is 2. The number of nitrogens with one attached hydrogen (secondary N) is 3. The van der Waals surface area contributed by atoms with Crippen LogP contribution < -0.4 is 20.9 Å². The number of carbonyl (C=O) groups excluding carboxylic acids is 1. The summed E-state index contributed by atoms with van der Waals surface area (Å²) in [5.41, 5.74) is 1.48. The second kappa shape index (κ2) is 23.6. The fourth-order valence-electron chi connectivity index (χ4n) is 6.94. The van der Waals surface area contributed by atoms with Crippen molar-refractivity contribution < 1.29 is 67.4 Å². The van der Waals surface area contributed by atoms with Gasteiger partial charge in [-0.3, -0.25) is 14.7 Å². The fourth-order valence-corrected chi connectivity index (χ4v) is 7.64. The van der Waals surface area contributed by atoms with Crippen LogP contribution >= 0.6 is 0 Å². The Bertz CT molecular complexity index is 2550. The van der Waals surface area contributed by atoms with Gasteiger partial charge in [-0.1, -0.05) is 29.5 Å². The van der Waals surface area contributed by atoms with Gasteiger partial charge in [0.1, 0.15) is 41.2 Å². The summed E-state index contributed by atoms with van der Waals surface area (Å²) >= 11 is 0. The summed E-state index contributed by atoms with van der Waals surface area (Å²) in [6, 6.07) is 23.6. The molecule has 368 valence electrons. The average Bonchev–Trinajstić information content (AvgIpc) is 3.79. The molecule has 0 radical (unpaired) electrons. The Morgan fingerprint density at radius 2 is 1.59 bits per heavy atom. The van der Waals surface area contributed by atoms with Crippen molar-refractivity contribution in [2.75, 3.05) is 63.8 Å². The minimum atomic E-state index is -4.49. The summed E-state index contributed by atoms with van der Waals surface area (Å²) in [5, 5.41) is 89.8. The van der Waals surface area contributed by atoms with Gasteiger partial charge in [-0.25, -0.2) is 4.68 Å². The Kier molecular flexibility index (Phi) is 18.0. The molecule has 5 aromatic rings. The number of azo groups is 1. The number of fused-ring (bicyclic) bond motifs is 1. The number of hydrogen-bond acceptors (Lipinski definition) is 20. The molecule has 1 aliphatic rings. The lowest BCUT2D eigenvalue weighted by Gasteiger charge is -2.43. The van der Waals surface area contributed by atoms with Crippen LogP contribution in [0.3, 0.4) is 0 Å². The molecule has 1 aromatic heterocycles. The van der Waals surface area contributed by atoms with Crippen molar-refractivity contribution in [2.24, 2.45) is 10.2 Å². The van der Waals surface area contributed by atoms with Gasteiger partial charge in [0, 0.05) is 54.9 Å². The summed E-state index contributed by atoms with van der Waals surface area (Å²) < 4.78 is 57.7. The van der Waals surface area contributed by atoms with Crippen LogP contribution in [0.1, 0.15) is 23.0 Å². The van der Waals surface area contributed by atoms with E-state index in [1.54, 1.807) is 54.7 Å². The number of aromatic nitrogens is 3. The molecule has 68 heavy (non-hydrogen) atoms. The van der Waals surface area contributed by atoms with E-state index < -0.39 is 65.5 Å². The summed E-state index contributed by atoms with van der Waals surface area (Å²) in [5.74, 6) is -0.322. The minimum Gasteiger partial charge on any atom is -0.394 e. The zero-order valence-corrected chi connectivity index (χ0v) is 38.3. The molecule has 1 saturated heterocycles. The standard InChI is InChI=1S/C44H57N9O14S/c1-44(60,42(59)46-19-18-45-34-8-4-7-33-32(34)6-5-9-36(33)68(61,62)63)43(67-41-39(57)38(56)37(55)35(26-54)66-41)65-23-22-64-21-20-53-25-30(50-51-53)24-47-40(58)27-10-12-28(13-11-27)48-49-29-14-16-31(17-15-29)52(2)3/h4-17,25,35,37-39,41-43,45-46,54-57,59-60H,18-24,26H2,1-3H3,(H,47,58)(H,61,62,63)/b49-48+/t35-,37+,38+,39-,41+,42?,43-,44+/m1/s1. The van der Waals surface area contributed by atoms with Gasteiger partial charge in [-0.15, -0.1) is 5.10 Å². The third-order valence-corrected chi connectivity index (χ3v) is 11.7. The molecule has 0 spiro atoms. The summed E-state index contributed by atoms with van der Waals surface area (Å²) in [4.78, 5) is 14.5. The molecule has 23 nitrogen and oxygen atoms in total. The topological polar surface area (TPSA) is 324 Å². The number of aliphatic hydroxyl groups is 6. The summed E-state index contributed by atoms with van der Waals surface area (Å²) in [6.07, 6.45) is -10.3. The molecule has 10 N–H and O–H groups in total. The lowest BCUT2D eigenvalue weighted by Crippen LogP contribution is -2.63. The number of nitrogens with zero attached hydrogens (tertiary/aromatic N) is 6. The zero-order valence-electron chi connectivity index (χ0n) is 37.4. The smallest absolute Gasteiger partial charge is 0.295 e. The van der Waals surface area contributed by atoms with Gasteiger partial charge in [-0.05, 0) is 67.6 Å². The Balaban J connectivity index is 0.967. The number of carbonyl (C=O) groups is 1. The van der Waals surface area contributed by atoms with E-state index >= 15 is 0 Å². The molecular weight excluding hydrogens is 911 g/mol. The van der Waals surface area contributed by atoms with Crippen molar-refractivity contribution >= 4 is 49.5 Å². The van der Waals surface area contributed by atoms with Crippen molar-refractivity contribution in [2.45, 2.75) is 73.7 Å². The van der Waals surface area contributed by atoms with E-state index in [2.05, 4.69) is 36.5 Å². The molecule has 1 aliphatic heterocycles. The average molecular weight is 968 g/mol. The van der Waals surface area contributed by atoms with Crippen LogP contribution in [0.2, 0.25) is 0 Å². The van der Waals surface area contributed by atoms with E-state index in [4.69, 9.17) is 18.9 Å². The van der Waals surface area contributed by atoms with E-state index in [1.165, 1.54) is 23.7 Å². The van der Waals surface area contributed by atoms with Crippen LogP contribution in [0.4, 0.5) is 22.7 Å². The van der Waals surface area contributed by atoms with Crippen LogP contribution in [-0.4, -0.2) is 167 Å². The van der Waals surface area contributed by atoms with Crippen molar-refractivity contribution in [3.05, 3.63) is 102 Å². The lowest BCUT2D eigenvalue weighted by molar-refractivity contribution is -0.366. The van der Waals surface area contributed by atoms with E-state index in [1.807, 2.05) is 43.3 Å². The number of aliphatic hydroxyl groups excluding tert-OH is 5. The maximum Gasteiger partial charge on any atom is 0.295 e. The van der Waals surface area contributed by atoms with Gasteiger partial charge >= 0.3 is 0 Å². The molecule has 8 atom stereocenters. The van der Waals surface area contributed by atoms with Crippen LogP contribution in [-0.2, 0) is 42.2 Å². The SMILES string of the molecule is CN(C)c1ccc(/N=N/c2ccc(C(=O)NCc3cn(CCOCCO[C@H](O[C@@H]4O[C@H](CO)[C@H](O)[C@H](O)[C@H]4O)[C@@](C)(O)C(O)NCCNc4cccc5c(S(=O)(=O)O)cccc45)nn3)cc2)cc1. The van der Waals surface area contributed by atoms with Crippen molar-refractivity contribution in [3.8, 4) is 0 Å². The first kappa shape index (κ1) is 51.8. The van der Waals surface area contributed by atoms with Gasteiger partial charge < -0.3 is 65.1 Å². The first-order chi connectivity index (χ1) is 32.5. The second-order valence-electron chi connectivity index (χ2n) is 16.1. The van der Waals surface area contributed by atoms with Crippen LogP contribution in [0.15, 0.2) is 106 Å². The van der Waals surface area contributed by atoms with Crippen LogP contribution in [0, 0.1) is 0 Å². The highest BCUT2D eigenvalue weighted by Crippen LogP contribution is 2.30. The van der Waals surface area contributed by atoms with Crippen molar-refractivity contribution in [3.63, 3.8) is 0 Å². The van der Waals surface area contributed by atoms with E-state index in [-0.39, 0.29) is 56.8 Å². The molecule has 4 aromatic carbocycles. The first-order valence-corrected chi connectivity index (χ1v) is 22.9. The largest absolute Gasteiger partial charge is 0.394 e. The first-order valence-electron chi connectivity index (χ1n) is 21.4. The Morgan fingerprint density at radius 3 is 2.26 bits per heavy atom. The van der Waals surface area contributed by atoms with Crippen LogP contribution in [0.5, 0.6) is 0 Å².